The van der Waals surface area contributed by atoms with E-state index < -0.39 is 0 Å². The molecule has 15 heavy (non-hydrogen) atoms. The Morgan fingerprint density at radius 1 is 1.27 bits per heavy atom. The Bertz CT molecular complexity index is 532. The Morgan fingerprint density at radius 2 is 2.07 bits per heavy atom. The van der Waals surface area contributed by atoms with Crippen LogP contribution in [-0.2, 0) is 11.8 Å². The zero-order valence-corrected chi connectivity index (χ0v) is 9.65. The van der Waals surface area contributed by atoms with Crippen LogP contribution in [0.2, 0.25) is 0 Å². The zero-order valence-electron chi connectivity index (χ0n) is 9.65. The first-order chi connectivity index (χ1) is 7.09. The molecule has 0 radical (unpaired) electrons. The van der Waals surface area contributed by atoms with Crippen molar-refractivity contribution in [2.24, 2.45) is 0 Å². The van der Waals surface area contributed by atoms with E-state index in [-0.39, 0.29) is 0 Å². The standard InChI is InChI=1S/C14H17N/c1-9-5-4-6-10-11-7-8-14(2,3)13(11)15-12(9)10/h4-6,15H,7-8H2,1-3H3. The molecular formula is C14H17N. The highest BCUT2D eigenvalue weighted by atomic mass is 14.8. The summed E-state index contributed by atoms with van der Waals surface area (Å²) in [4.78, 5) is 3.63. The molecule has 1 nitrogen and oxygen atoms in total. The second-order valence-electron chi connectivity index (χ2n) is 5.36. The zero-order chi connectivity index (χ0) is 10.6. The van der Waals surface area contributed by atoms with Crippen molar-refractivity contribution < 1.29 is 0 Å². The van der Waals surface area contributed by atoms with Crippen LogP contribution in [0.3, 0.4) is 0 Å². The lowest BCUT2D eigenvalue weighted by Gasteiger charge is -2.16. The molecule has 3 rings (SSSR count). The van der Waals surface area contributed by atoms with E-state index >= 15 is 0 Å². The van der Waals surface area contributed by atoms with Crippen LogP contribution in [-0.4, -0.2) is 4.98 Å². The minimum Gasteiger partial charge on any atom is -0.357 e. The molecule has 0 aliphatic heterocycles. The molecule has 0 unspecified atom stereocenters. The van der Waals surface area contributed by atoms with Crippen LogP contribution in [0.25, 0.3) is 10.9 Å². The minimum atomic E-state index is 0.334. The smallest absolute Gasteiger partial charge is 0.0488 e. The predicted octanol–water partition coefficient (Wildman–Crippen LogP) is 3.70. The van der Waals surface area contributed by atoms with Gasteiger partial charge in [-0.15, -0.1) is 0 Å². The molecule has 1 N–H and O–H groups in total. The quantitative estimate of drug-likeness (QED) is 0.666. The number of hydrogen-bond acceptors (Lipinski definition) is 0. The molecule has 78 valence electrons. The van der Waals surface area contributed by atoms with Crippen molar-refractivity contribution in [2.75, 3.05) is 0 Å². The van der Waals surface area contributed by atoms with Crippen LogP contribution >= 0.6 is 0 Å². The maximum atomic E-state index is 3.63. The summed E-state index contributed by atoms with van der Waals surface area (Å²) < 4.78 is 0. The first kappa shape index (κ1) is 9.02. The van der Waals surface area contributed by atoms with Gasteiger partial charge in [-0.1, -0.05) is 32.0 Å². The third-order valence-corrected chi connectivity index (χ3v) is 3.83. The molecule has 1 aliphatic rings. The van der Waals surface area contributed by atoms with Crippen LogP contribution in [0.4, 0.5) is 0 Å². The predicted molar refractivity (Wildman–Crippen MR) is 64.4 cm³/mol. The van der Waals surface area contributed by atoms with E-state index in [1.807, 2.05) is 0 Å². The minimum absolute atomic E-state index is 0.334. The van der Waals surface area contributed by atoms with Crippen molar-refractivity contribution >= 4 is 10.9 Å². The molecule has 1 aromatic heterocycles. The molecule has 1 heteroatoms. The first-order valence-electron chi connectivity index (χ1n) is 5.70. The number of rotatable bonds is 0. The van der Waals surface area contributed by atoms with E-state index in [1.54, 1.807) is 5.56 Å². The average Bonchev–Trinajstić information content (AvgIpc) is 2.67. The van der Waals surface area contributed by atoms with Crippen molar-refractivity contribution in [1.82, 2.24) is 4.98 Å². The Hall–Kier alpha value is -1.24. The summed E-state index contributed by atoms with van der Waals surface area (Å²) in [5, 5.41) is 1.44. The third kappa shape index (κ3) is 1.09. The normalized spacial score (nSPS) is 18.3. The van der Waals surface area contributed by atoms with E-state index in [1.165, 1.54) is 35.0 Å². The SMILES string of the molecule is Cc1cccc2c3c([nH]c12)C(C)(C)CC3. The average molecular weight is 199 g/mol. The molecule has 1 heterocycles. The van der Waals surface area contributed by atoms with Gasteiger partial charge in [0.1, 0.15) is 0 Å². The topological polar surface area (TPSA) is 15.8 Å². The van der Waals surface area contributed by atoms with Gasteiger partial charge in [0.2, 0.25) is 0 Å². The van der Waals surface area contributed by atoms with Crippen LogP contribution in [0, 0.1) is 6.92 Å². The number of aromatic amines is 1. The van der Waals surface area contributed by atoms with Crippen LogP contribution in [0.5, 0.6) is 0 Å². The van der Waals surface area contributed by atoms with Gasteiger partial charge in [0.15, 0.2) is 0 Å². The van der Waals surface area contributed by atoms with Gasteiger partial charge in [0.25, 0.3) is 0 Å². The fraction of sp³-hybridized carbons (Fsp3) is 0.429. The second-order valence-corrected chi connectivity index (χ2v) is 5.36. The molecule has 1 aliphatic carbocycles. The van der Waals surface area contributed by atoms with Crippen molar-refractivity contribution in [3.63, 3.8) is 0 Å². The number of aromatic nitrogens is 1. The fourth-order valence-electron chi connectivity index (χ4n) is 2.82. The molecular weight excluding hydrogens is 182 g/mol. The molecule has 2 aromatic rings. The van der Waals surface area contributed by atoms with Gasteiger partial charge in [0.05, 0.1) is 0 Å². The molecule has 0 spiro atoms. The van der Waals surface area contributed by atoms with Gasteiger partial charge in [-0.2, -0.15) is 0 Å². The van der Waals surface area contributed by atoms with E-state index in [0.717, 1.165) is 0 Å². The number of fused-ring (bicyclic) bond motifs is 3. The molecule has 0 atom stereocenters. The Labute approximate surface area is 90.5 Å². The summed E-state index contributed by atoms with van der Waals surface area (Å²) in [7, 11) is 0. The maximum Gasteiger partial charge on any atom is 0.0488 e. The maximum absolute atomic E-state index is 3.63. The largest absolute Gasteiger partial charge is 0.357 e. The monoisotopic (exact) mass is 199 g/mol. The van der Waals surface area contributed by atoms with E-state index in [9.17, 15) is 0 Å². The van der Waals surface area contributed by atoms with Crippen LogP contribution in [0.1, 0.15) is 37.1 Å². The number of nitrogens with one attached hydrogen (secondary N) is 1. The second kappa shape index (κ2) is 2.66. The molecule has 0 saturated heterocycles. The van der Waals surface area contributed by atoms with Gasteiger partial charge >= 0.3 is 0 Å². The Morgan fingerprint density at radius 3 is 2.87 bits per heavy atom. The Balaban J connectivity index is 2.39. The lowest BCUT2D eigenvalue weighted by molar-refractivity contribution is 0.510. The van der Waals surface area contributed by atoms with Crippen molar-refractivity contribution in [3.8, 4) is 0 Å². The highest BCUT2D eigenvalue weighted by molar-refractivity contribution is 5.88. The molecule has 0 saturated carbocycles. The van der Waals surface area contributed by atoms with Crippen molar-refractivity contribution in [3.05, 3.63) is 35.0 Å². The summed E-state index contributed by atoms with van der Waals surface area (Å²) in [5.74, 6) is 0. The van der Waals surface area contributed by atoms with Gasteiger partial charge in [-0.3, -0.25) is 0 Å². The lowest BCUT2D eigenvalue weighted by Crippen LogP contribution is -2.12. The van der Waals surface area contributed by atoms with Crippen molar-refractivity contribution in [1.29, 1.82) is 0 Å². The summed E-state index contributed by atoms with van der Waals surface area (Å²) in [6.45, 7) is 6.86. The molecule has 0 fully saturated rings. The van der Waals surface area contributed by atoms with Gasteiger partial charge in [0, 0.05) is 22.0 Å². The highest BCUT2D eigenvalue weighted by Crippen LogP contribution is 2.41. The molecule has 0 bridgehead atoms. The molecule has 0 amide bonds. The third-order valence-electron chi connectivity index (χ3n) is 3.83. The molecule has 1 aromatic carbocycles. The number of aryl methyl sites for hydroxylation is 2. The number of para-hydroxylation sites is 1. The first-order valence-corrected chi connectivity index (χ1v) is 5.70. The van der Waals surface area contributed by atoms with E-state index in [2.05, 4.69) is 44.0 Å². The summed E-state index contributed by atoms with van der Waals surface area (Å²) in [5.41, 5.74) is 6.05. The summed E-state index contributed by atoms with van der Waals surface area (Å²) in [6.07, 6.45) is 2.50. The van der Waals surface area contributed by atoms with E-state index in [4.69, 9.17) is 0 Å². The van der Waals surface area contributed by atoms with Crippen molar-refractivity contribution in [2.45, 2.75) is 39.0 Å². The van der Waals surface area contributed by atoms with Gasteiger partial charge in [-0.05, 0) is 30.9 Å². The van der Waals surface area contributed by atoms with Gasteiger partial charge < -0.3 is 4.98 Å². The van der Waals surface area contributed by atoms with E-state index in [0.29, 0.717) is 5.41 Å². The number of H-pyrrole nitrogens is 1. The Kier molecular flexibility index (Phi) is 1.60. The van der Waals surface area contributed by atoms with Gasteiger partial charge in [-0.25, -0.2) is 0 Å². The summed E-state index contributed by atoms with van der Waals surface area (Å²) >= 11 is 0. The van der Waals surface area contributed by atoms with Crippen LogP contribution < -0.4 is 0 Å². The number of hydrogen-bond donors (Lipinski definition) is 1. The fourth-order valence-corrected chi connectivity index (χ4v) is 2.82. The lowest BCUT2D eigenvalue weighted by atomic mass is 9.91. The van der Waals surface area contributed by atoms with Crippen LogP contribution in [0.15, 0.2) is 18.2 Å². The summed E-state index contributed by atoms with van der Waals surface area (Å²) in [6, 6.07) is 6.59. The number of benzene rings is 1. The highest BCUT2D eigenvalue weighted by Gasteiger charge is 2.32.